The lowest BCUT2D eigenvalue weighted by Gasteiger charge is -2.11. The molecule has 0 aliphatic carbocycles. The number of carbonyl (C=O) groups is 2. The molecule has 7 nitrogen and oxygen atoms in total. The Bertz CT molecular complexity index is 1490. The zero-order valence-electron chi connectivity index (χ0n) is 22.9. The van der Waals surface area contributed by atoms with E-state index in [0.717, 1.165) is 35.4 Å². The summed E-state index contributed by atoms with van der Waals surface area (Å²) in [5.74, 6) is 0.862. The average Bonchev–Trinajstić information content (AvgIpc) is 3.23. The van der Waals surface area contributed by atoms with E-state index in [1.165, 1.54) is 49.1 Å². The standard InChI is InChI=1S/C14H14N2O3.C9H9NS.C6H11BO/c1-8-4-10(12(6-15-8)9(2)17)11-5-14(18)16-7-13(11)19-3;1-6-3-4-8-9(5-6)11-7(2)10-8;1-7-4-2-3-6(8)5-7/h4-7H,1-3H3,(H,16,18);3-5H,1-2H3;2-5H2,1H3. The molecular weight excluding hydrogens is 497 g/mol. The molecule has 0 amide bonds. The van der Waals surface area contributed by atoms with Crippen LogP contribution >= 0.6 is 11.3 Å². The summed E-state index contributed by atoms with van der Waals surface area (Å²) >= 11 is 1.76. The molecule has 1 saturated heterocycles. The Hall–Kier alpha value is -3.59. The number of H-pyrrole nitrogens is 1. The van der Waals surface area contributed by atoms with Gasteiger partial charge in [0, 0.05) is 41.7 Å². The molecule has 0 bridgehead atoms. The fraction of sp³-hybridized carbons (Fsp3) is 0.345. The summed E-state index contributed by atoms with van der Waals surface area (Å²) in [5.41, 5.74) is 4.65. The van der Waals surface area contributed by atoms with Crippen LogP contribution in [0.25, 0.3) is 21.3 Å². The fourth-order valence-electron chi connectivity index (χ4n) is 4.29. The number of nitrogens with one attached hydrogen (secondary N) is 1. The van der Waals surface area contributed by atoms with Crippen LogP contribution in [0.4, 0.5) is 0 Å². The molecule has 4 aromatic rings. The SMILES string of the molecule is CB1CCCC(=O)C1.COc1c[nH]c(=O)cc1-c1cc(C)ncc1C(C)=O.Cc1ccc2nc(C)sc2c1. The van der Waals surface area contributed by atoms with E-state index in [-0.39, 0.29) is 11.3 Å². The van der Waals surface area contributed by atoms with Crippen LogP contribution in [-0.4, -0.2) is 40.3 Å². The van der Waals surface area contributed by atoms with Crippen molar-refractivity contribution in [3.8, 4) is 16.9 Å². The van der Waals surface area contributed by atoms with Crippen molar-refractivity contribution in [2.24, 2.45) is 0 Å². The second-order valence-electron chi connectivity index (χ2n) is 9.65. The predicted molar refractivity (Wildman–Crippen MR) is 156 cm³/mol. The minimum Gasteiger partial charge on any atom is -0.495 e. The number of fused-ring (bicyclic) bond motifs is 1. The third-order valence-electron chi connectivity index (χ3n) is 6.20. The molecule has 38 heavy (non-hydrogen) atoms. The number of ketones is 2. The van der Waals surface area contributed by atoms with Crippen LogP contribution in [0.5, 0.6) is 5.75 Å². The first-order valence-electron chi connectivity index (χ1n) is 12.7. The summed E-state index contributed by atoms with van der Waals surface area (Å²) in [6, 6.07) is 9.55. The fourth-order valence-corrected chi connectivity index (χ4v) is 5.21. The molecular formula is C29H34BN3O4S. The van der Waals surface area contributed by atoms with E-state index in [0.29, 0.717) is 34.9 Å². The first-order chi connectivity index (χ1) is 18.1. The van der Waals surface area contributed by atoms with Crippen molar-refractivity contribution in [2.75, 3.05) is 7.11 Å². The number of nitrogens with zero attached hydrogens (tertiary/aromatic N) is 2. The van der Waals surface area contributed by atoms with Crippen molar-refractivity contribution in [1.29, 1.82) is 0 Å². The summed E-state index contributed by atoms with van der Waals surface area (Å²) in [4.78, 5) is 44.9. The minimum absolute atomic E-state index is 0.107. The Balaban J connectivity index is 0.000000176. The average molecular weight is 531 g/mol. The van der Waals surface area contributed by atoms with E-state index in [9.17, 15) is 14.4 Å². The van der Waals surface area contributed by atoms with Crippen LogP contribution in [0.15, 0.2) is 47.5 Å². The van der Waals surface area contributed by atoms with E-state index in [1.807, 2.05) is 13.8 Å². The van der Waals surface area contributed by atoms with Gasteiger partial charge in [0.2, 0.25) is 5.56 Å². The van der Waals surface area contributed by atoms with Crippen molar-refractivity contribution in [3.05, 3.63) is 74.9 Å². The van der Waals surface area contributed by atoms with Gasteiger partial charge in [0.25, 0.3) is 0 Å². The highest BCUT2D eigenvalue weighted by Gasteiger charge is 2.17. The smallest absolute Gasteiger partial charge is 0.248 e. The van der Waals surface area contributed by atoms with E-state index >= 15 is 0 Å². The lowest BCUT2D eigenvalue weighted by atomic mass is 9.43. The number of carbonyl (C=O) groups excluding carboxylic acids is 2. The van der Waals surface area contributed by atoms with Crippen LogP contribution < -0.4 is 10.3 Å². The molecule has 0 radical (unpaired) electrons. The number of thiazole rings is 1. The van der Waals surface area contributed by atoms with Crippen molar-refractivity contribution in [2.45, 2.75) is 60.0 Å². The van der Waals surface area contributed by atoms with E-state index in [2.05, 4.69) is 46.9 Å². The first-order valence-corrected chi connectivity index (χ1v) is 13.5. The Kier molecular flexibility index (Phi) is 10.1. The van der Waals surface area contributed by atoms with Crippen LogP contribution in [0, 0.1) is 20.8 Å². The molecule has 1 aliphatic rings. The highest BCUT2D eigenvalue weighted by molar-refractivity contribution is 7.18. The zero-order valence-corrected chi connectivity index (χ0v) is 23.7. The molecule has 198 valence electrons. The highest BCUT2D eigenvalue weighted by atomic mass is 32.1. The second-order valence-corrected chi connectivity index (χ2v) is 10.9. The van der Waals surface area contributed by atoms with Gasteiger partial charge in [-0.05, 0) is 63.3 Å². The zero-order chi connectivity index (χ0) is 27.8. The maximum Gasteiger partial charge on any atom is 0.248 e. The monoisotopic (exact) mass is 531 g/mol. The summed E-state index contributed by atoms with van der Waals surface area (Å²) in [7, 11) is 1.51. The number of hydrogen-bond acceptors (Lipinski definition) is 7. The summed E-state index contributed by atoms with van der Waals surface area (Å²) < 4.78 is 6.52. The van der Waals surface area contributed by atoms with Gasteiger partial charge in [-0.15, -0.1) is 11.3 Å². The molecule has 1 aromatic carbocycles. The maximum atomic E-state index is 11.7. The first kappa shape index (κ1) is 29.0. The molecule has 0 unspecified atom stereocenters. The molecule has 3 aromatic heterocycles. The molecule has 9 heteroatoms. The molecule has 1 fully saturated rings. The van der Waals surface area contributed by atoms with Crippen molar-refractivity contribution in [1.82, 2.24) is 15.0 Å². The molecule has 0 atom stereocenters. The van der Waals surface area contributed by atoms with Gasteiger partial charge in [-0.1, -0.05) is 25.6 Å². The summed E-state index contributed by atoms with van der Waals surface area (Å²) in [6.45, 7) is 10.3. The number of benzene rings is 1. The molecule has 1 aliphatic heterocycles. The van der Waals surface area contributed by atoms with Gasteiger partial charge < -0.3 is 14.5 Å². The van der Waals surface area contributed by atoms with Gasteiger partial charge in [-0.2, -0.15) is 0 Å². The quantitative estimate of drug-likeness (QED) is 0.244. The third-order valence-corrected chi connectivity index (χ3v) is 7.13. The van der Waals surface area contributed by atoms with Gasteiger partial charge in [-0.25, -0.2) is 4.98 Å². The number of aromatic amines is 1. The minimum atomic E-state index is -0.250. The van der Waals surface area contributed by atoms with E-state index in [1.54, 1.807) is 17.4 Å². The van der Waals surface area contributed by atoms with Crippen molar-refractivity contribution < 1.29 is 14.3 Å². The number of methoxy groups -OCH3 is 1. The lowest BCUT2D eigenvalue weighted by molar-refractivity contribution is -0.117. The van der Waals surface area contributed by atoms with Gasteiger partial charge >= 0.3 is 0 Å². The van der Waals surface area contributed by atoms with Crippen molar-refractivity contribution in [3.63, 3.8) is 0 Å². The third kappa shape index (κ3) is 7.95. The van der Waals surface area contributed by atoms with Gasteiger partial charge in [0.05, 0.1) is 22.3 Å². The largest absolute Gasteiger partial charge is 0.495 e. The maximum absolute atomic E-state index is 11.7. The summed E-state index contributed by atoms with van der Waals surface area (Å²) in [6.07, 6.45) is 7.06. The summed E-state index contributed by atoms with van der Waals surface area (Å²) in [5, 5.41) is 1.14. The number of pyridine rings is 2. The number of aromatic nitrogens is 3. The van der Waals surface area contributed by atoms with Crippen LogP contribution in [0.2, 0.25) is 19.5 Å². The Morgan fingerprint density at radius 1 is 1.11 bits per heavy atom. The Labute approximate surface area is 227 Å². The topological polar surface area (TPSA) is 102 Å². The Morgan fingerprint density at radius 3 is 2.50 bits per heavy atom. The molecule has 5 rings (SSSR count). The molecule has 4 heterocycles. The number of rotatable bonds is 3. The number of aryl methyl sites for hydroxylation is 3. The number of hydrogen-bond donors (Lipinski definition) is 1. The Morgan fingerprint density at radius 2 is 1.87 bits per heavy atom. The molecule has 0 saturated carbocycles. The van der Waals surface area contributed by atoms with Gasteiger partial charge in [-0.3, -0.25) is 14.6 Å². The molecule has 1 N–H and O–H groups in total. The van der Waals surface area contributed by atoms with Crippen molar-refractivity contribution >= 4 is 39.8 Å². The van der Waals surface area contributed by atoms with Crippen LogP contribution in [0.3, 0.4) is 0 Å². The van der Waals surface area contributed by atoms with Crippen LogP contribution in [0.1, 0.15) is 46.4 Å². The number of ether oxygens (including phenoxy) is 1. The van der Waals surface area contributed by atoms with Gasteiger partial charge in [0.1, 0.15) is 18.2 Å². The predicted octanol–water partition coefficient (Wildman–Crippen LogP) is 6.34. The van der Waals surface area contributed by atoms with Gasteiger partial charge in [0.15, 0.2) is 5.78 Å². The highest BCUT2D eigenvalue weighted by Crippen LogP contribution is 2.31. The second kappa shape index (κ2) is 13.3. The normalized spacial score (nSPS) is 12.8. The van der Waals surface area contributed by atoms with E-state index in [4.69, 9.17) is 4.74 Å². The molecule has 0 spiro atoms. The van der Waals surface area contributed by atoms with Crippen LogP contribution in [-0.2, 0) is 4.79 Å². The lowest BCUT2D eigenvalue weighted by Crippen LogP contribution is -2.18. The number of Topliss-reactive ketones (excluding diaryl/α,β-unsaturated/α-hetero) is 2. The van der Waals surface area contributed by atoms with E-state index < -0.39 is 0 Å².